The lowest BCUT2D eigenvalue weighted by Crippen LogP contribution is -2.51. The zero-order valence-electron chi connectivity index (χ0n) is 6.36. The van der Waals surface area contributed by atoms with Crippen molar-refractivity contribution in [1.29, 1.82) is 5.26 Å². The maximum Gasteiger partial charge on any atom is 0.149 e. The summed E-state index contributed by atoms with van der Waals surface area (Å²) in [7, 11) is 0. The Morgan fingerprint density at radius 2 is 2.09 bits per heavy atom. The number of nitriles is 1. The molecule has 0 aromatic rings. The monoisotopic (exact) mass is 149 g/mol. The van der Waals surface area contributed by atoms with E-state index in [1.54, 1.807) is 0 Å². The fourth-order valence-corrected chi connectivity index (χ4v) is 3.19. The van der Waals surface area contributed by atoms with Crippen molar-refractivity contribution in [1.82, 2.24) is 0 Å². The van der Waals surface area contributed by atoms with Crippen LogP contribution in [0.3, 0.4) is 0 Å². The van der Waals surface area contributed by atoms with E-state index in [4.69, 9.17) is 10.00 Å². The third-order valence-electron chi connectivity index (χ3n) is 3.68. The minimum atomic E-state index is -0.0460. The Hall–Kier alpha value is -0.550. The van der Waals surface area contributed by atoms with Crippen molar-refractivity contribution in [3.8, 4) is 6.07 Å². The first kappa shape index (κ1) is 6.02. The smallest absolute Gasteiger partial charge is 0.149 e. The van der Waals surface area contributed by atoms with Crippen molar-refractivity contribution < 1.29 is 4.74 Å². The number of fused-ring (bicyclic) bond motifs is 5. The Labute approximate surface area is 66.1 Å². The van der Waals surface area contributed by atoms with Gasteiger partial charge in [-0.2, -0.15) is 5.26 Å². The summed E-state index contributed by atoms with van der Waals surface area (Å²) in [5.41, 5.74) is 0. The van der Waals surface area contributed by atoms with Gasteiger partial charge < -0.3 is 4.74 Å². The number of hydrogen-bond donors (Lipinski definition) is 0. The molecule has 0 radical (unpaired) electrons. The third kappa shape index (κ3) is 0.566. The Bertz CT molecular complexity index is 230. The van der Waals surface area contributed by atoms with Gasteiger partial charge in [0.25, 0.3) is 0 Å². The topological polar surface area (TPSA) is 33.0 Å². The van der Waals surface area contributed by atoms with E-state index >= 15 is 0 Å². The van der Waals surface area contributed by atoms with Crippen LogP contribution < -0.4 is 0 Å². The van der Waals surface area contributed by atoms with E-state index in [9.17, 15) is 0 Å². The molecule has 3 aliphatic rings. The van der Waals surface area contributed by atoms with Gasteiger partial charge in [-0.05, 0) is 31.1 Å². The SMILES string of the molecule is N#CC1OC2C3CCC(C3)C12. The lowest BCUT2D eigenvalue weighted by molar-refractivity contribution is -0.178. The Kier molecular flexibility index (Phi) is 0.976. The normalized spacial score (nSPS) is 58.3. The van der Waals surface area contributed by atoms with Gasteiger partial charge >= 0.3 is 0 Å². The standard InChI is InChI=1S/C9H11NO/c10-4-7-8-5-1-2-6(3-5)9(8)11-7/h5-9H,1-3H2. The van der Waals surface area contributed by atoms with Gasteiger partial charge in [0.15, 0.2) is 0 Å². The van der Waals surface area contributed by atoms with Crippen molar-refractivity contribution in [2.24, 2.45) is 17.8 Å². The second kappa shape index (κ2) is 1.78. The van der Waals surface area contributed by atoms with E-state index in [-0.39, 0.29) is 6.10 Å². The molecule has 2 bridgehead atoms. The van der Waals surface area contributed by atoms with Gasteiger partial charge in [-0.25, -0.2) is 0 Å². The molecule has 2 aliphatic carbocycles. The van der Waals surface area contributed by atoms with Crippen molar-refractivity contribution >= 4 is 0 Å². The summed E-state index contributed by atoms with van der Waals surface area (Å²) in [5, 5.41) is 8.69. The van der Waals surface area contributed by atoms with Gasteiger partial charge in [0.2, 0.25) is 0 Å². The van der Waals surface area contributed by atoms with Gasteiger partial charge in [-0.15, -0.1) is 0 Å². The molecule has 1 heterocycles. The molecule has 3 fully saturated rings. The van der Waals surface area contributed by atoms with Gasteiger partial charge in [-0.1, -0.05) is 0 Å². The first-order valence-electron chi connectivity index (χ1n) is 4.45. The second-order valence-electron chi connectivity index (χ2n) is 4.06. The minimum Gasteiger partial charge on any atom is -0.359 e. The largest absolute Gasteiger partial charge is 0.359 e. The van der Waals surface area contributed by atoms with Gasteiger partial charge in [0.05, 0.1) is 12.2 Å². The van der Waals surface area contributed by atoms with Gasteiger partial charge in [-0.3, -0.25) is 0 Å². The highest BCUT2D eigenvalue weighted by Gasteiger charge is 2.58. The fraction of sp³-hybridized carbons (Fsp3) is 0.889. The van der Waals surface area contributed by atoms with Crippen molar-refractivity contribution in [2.75, 3.05) is 0 Å². The molecule has 58 valence electrons. The number of nitrogens with zero attached hydrogens (tertiary/aromatic N) is 1. The number of rotatable bonds is 0. The molecule has 5 atom stereocenters. The van der Waals surface area contributed by atoms with E-state index < -0.39 is 0 Å². The minimum absolute atomic E-state index is 0.0460. The molecule has 0 aromatic heterocycles. The third-order valence-corrected chi connectivity index (χ3v) is 3.68. The summed E-state index contributed by atoms with van der Waals surface area (Å²) in [6.45, 7) is 0. The van der Waals surface area contributed by atoms with Crippen LogP contribution in [0.5, 0.6) is 0 Å². The van der Waals surface area contributed by atoms with Crippen LogP contribution in [0.4, 0.5) is 0 Å². The van der Waals surface area contributed by atoms with Gasteiger partial charge in [0, 0.05) is 5.92 Å². The molecular weight excluding hydrogens is 138 g/mol. The lowest BCUT2D eigenvalue weighted by atomic mass is 9.78. The van der Waals surface area contributed by atoms with E-state index in [1.807, 2.05) is 0 Å². The highest BCUT2D eigenvalue weighted by molar-refractivity contribution is 5.12. The summed E-state index contributed by atoms with van der Waals surface area (Å²) in [4.78, 5) is 0. The molecule has 2 heteroatoms. The molecule has 1 aliphatic heterocycles. The first-order chi connectivity index (χ1) is 5.40. The maximum atomic E-state index is 8.69. The molecule has 1 saturated heterocycles. The van der Waals surface area contributed by atoms with E-state index in [0.29, 0.717) is 12.0 Å². The molecule has 0 N–H and O–H groups in total. The maximum absolute atomic E-state index is 8.69. The van der Waals surface area contributed by atoms with Gasteiger partial charge in [0.1, 0.15) is 6.10 Å². The second-order valence-corrected chi connectivity index (χ2v) is 4.06. The molecular formula is C9H11NO. The molecule has 2 nitrogen and oxygen atoms in total. The van der Waals surface area contributed by atoms with Crippen LogP contribution >= 0.6 is 0 Å². The van der Waals surface area contributed by atoms with Crippen LogP contribution in [0, 0.1) is 29.1 Å². The van der Waals surface area contributed by atoms with Crippen LogP contribution in [0.2, 0.25) is 0 Å². The fourth-order valence-electron chi connectivity index (χ4n) is 3.19. The highest BCUT2D eigenvalue weighted by Crippen LogP contribution is 2.56. The van der Waals surface area contributed by atoms with E-state index in [1.165, 1.54) is 19.3 Å². The summed E-state index contributed by atoms with van der Waals surface area (Å²) < 4.78 is 5.49. The summed E-state index contributed by atoms with van der Waals surface area (Å²) in [5.74, 6) is 2.27. The van der Waals surface area contributed by atoms with E-state index in [0.717, 1.165) is 11.8 Å². The van der Waals surface area contributed by atoms with Crippen molar-refractivity contribution in [2.45, 2.75) is 31.5 Å². The van der Waals surface area contributed by atoms with Crippen LogP contribution in [0.1, 0.15) is 19.3 Å². The zero-order chi connectivity index (χ0) is 7.42. The van der Waals surface area contributed by atoms with Crippen LogP contribution in [-0.2, 0) is 4.74 Å². The predicted octanol–water partition coefficient (Wildman–Crippen LogP) is 1.32. The van der Waals surface area contributed by atoms with Crippen LogP contribution in [0.15, 0.2) is 0 Å². The molecule has 11 heavy (non-hydrogen) atoms. The van der Waals surface area contributed by atoms with Crippen molar-refractivity contribution in [3.05, 3.63) is 0 Å². The molecule has 2 saturated carbocycles. The zero-order valence-corrected chi connectivity index (χ0v) is 6.36. The molecule has 5 unspecified atom stereocenters. The van der Waals surface area contributed by atoms with E-state index in [2.05, 4.69) is 6.07 Å². The van der Waals surface area contributed by atoms with Crippen LogP contribution in [-0.4, -0.2) is 12.2 Å². The first-order valence-corrected chi connectivity index (χ1v) is 4.45. The summed E-state index contributed by atoms with van der Waals surface area (Å²) >= 11 is 0. The Balaban J connectivity index is 1.86. The van der Waals surface area contributed by atoms with Crippen molar-refractivity contribution in [3.63, 3.8) is 0 Å². The molecule has 0 spiro atoms. The Morgan fingerprint density at radius 3 is 2.82 bits per heavy atom. The van der Waals surface area contributed by atoms with Crippen LogP contribution in [0.25, 0.3) is 0 Å². The quantitative estimate of drug-likeness (QED) is 0.520. The molecule has 0 aromatic carbocycles. The molecule has 0 amide bonds. The predicted molar refractivity (Wildman–Crippen MR) is 38.6 cm³/mol. The summed E-state index contributed by atoms with van der Waals surface area (Å²) in [6.07, 6.45) is 4.49. The lowest BCUT2D eigenvalue weighted by Gasteiger charge is -2.43. The average molecular weight is 149 g/mol. The Morgan fingerprint density at radius 1 is 1.27 bits per heavy atom. The number of hydrogen-bond acceptors (Lipinski definition) is 2. The highest BCUT2D eigenvalue weighted by atomic mass is 16.5. The molecule has 3 rings (SSSR count). The average Bonchev–Trinajstić information content (AvgIpc) is 2.43. The number of ether oxygens (including phenoxy) is 1. The summed E-state index contributed by atoms with van der Waals surface area (Å²) in [6, 6.07) is 2.24.